The summed E-state index contributed by atoms with van der Waals surface area (Å²) < 4.78 is 22.2. The van der Waals surface area contributed by atoms with Gasteiger partial charge in [0.1, 0.15) is 5.82 Å². The zero-order chi connectivity index (χ0) is 28.0. The minimum Gasteiger partial charge on any atom is -0.391 e. The van der Waals surface area contributed by atoms with Crippen LogP contribution in [0.15, 0.2) is 36.8 Å². The fourth-order valence-electron chi connectivity index (χ4n) is 7.12. The van der Waals surface area contributed by atoms with E-state index in [2.05, 4.69) is 23.0 Å². The van der Waals surface area contributed by atoms with Crippen molar-refractivity contribution in [2.45, 2.75) is 64.5 Å². The van der Waals surface area contributed by atoms with Gasteiger partial charge >= 0.3 is 0 Å². The van der Waals surface area contributed by atoms with E-state index in [0.29, 0.717) is 30.1 Å². The van der Waals surface area contributed by atoms with Gasteiger partial charge < -0.3 is 24.2 Å². The smallest absolute Gasteiger partial charge is 0.256 e. The largest absolute Gasteiger partial charge is 0.391 e. The number of amides is 1. The summed E-state index contributed by atoms with van der Waals surface area (Å²) in [6, 6.07) is 4.44. The van der Waals surface area contributed by atoms with Crippen molar-refractivity contribution in [1.82, 2.24) is 19.4 Å². The Hall–Kier alpha value is -2.81. The summed E-state index contributed by atoms with van der Waals surface area (Å²) >= 11 is 0. The van der Waals surface area contributed by atoms with Gasteiger partial charge in [-0.15, -0.1) is 0 Å². The van der Waals surface area contributed by atoms with Gasteiger partial charge in [0.25, 0.3) is 5.91 Å². The predicted octanol–water partition coefficient (Wildman–Crippen LogP) is 4.75. The fraction of sp³-hybridized carbons (Fsp3) is 0.562. The Bertz CT molecular complexity index is 1400. The molecule has 0 aliphatic carbocycles. The number of benzene rings is 1. The number of halogens is 1. The molecule has 5 heterocycles. The lowest BCUT2D eigenvalue weighted by Gasteiger charge is -2.34. The number of pyridine rings is 1. The van der Waals surface area contributed by atoms with Crippen LogP contribution in [-0.2, 0) is 11.2 Å². The van der Waals surface area contributed by atoms with Crippen molar-refractivity contribution in [3.8, 4) is 5.69 Å². The van der Waals surface area contributed by atoms with E-state index in [1.54, 1.807) is 11.0 Å². The minimum absolute atomic E-state index is 0.264. The van der Waals surface area contributed by atoms with Gasteiger partial charge in [-0.05, 0) is 101 Å². The summed E-state index contributed by atoms with van der Waals surface area (Å²) in [4.78, 5) is 22.6. The number of aliphatic hydroxyl groups is 1. The average Bonchev–Trinajstić information content (AvgIpc) is 3.61. The van der Waals surface area contributed by atoms with E-state index in [-0.39, 0.29) is 5.91 Å². The van der Waals surface area contributed by atoms with Gasteiger partial charge in [-0.1, -0.05) is 0 Å². The van der Waals surface area contributed by atoms with Gasteiger partial charge in [-0.2, -0.15) is 0 Å². The monoisotopic (exact) mass is 548 g/mol. The summed E-state index contributed by atoms with van der Waals surface area (Å²) in [7, 11) is 0. The maximum Gasteiger partial charge on any atom is 0.256 e. The lowest BCUT2D eigenvalue weighted by molar-refractivity contribution is 0.0394. The Labute approximate surface area is 235 Å². The van der Waals surface area contributed by atoms with E-state index in [4.69, 9.17) is 4.74 Å². The summed E-state index contributed by atoms with van der Waals surface area (Å²) in [5.74, 6) is 0.581. The zero-order valence-electron chi connectivity index (χ0n) is 23.9. The number of hydrogen-bond donors (Lipinski definition) is 1. The van der Waals surface area contributed by atoms with Crippen molar-refractivity contribution in [3.63, 3.8) is 0 Å². The van der Waals surface area contributed by atoms with E-state index in [1.807, 2.05) is 30.8 Å². The molecular weight excluding hydrogens is 507 g/mol. The van der Waals surface area contributed by atoms with Gasteiger partial charge in [0, 0.05) is 50.6 Å². The number of hydrogen-bond acceptors (Lipinski definition) is 5. The number of likely N-dealkylation sites (tertiary alicyclic amines) is 2. The second-order valence-corrected chi connectivity index (χ2v) is 12.6. The number of carbonyl (C=O) groups excluding carboxylic acids is 1. The minimum atomic E-state index is -0.721. The molecule has 6 rings (SSSR count). The van der Waals surface area contributed by atoms with E-state index >= 15 is 0 Å². The Morgan fingerprint density at radius 2 is 1.93 bits per heavy atom. The number of carbonyl (C=O) groups is 1. The van der Waals surface area contributed by atoms with Crippen LogP contribution in [0.25, 0.3) is 16.6 Å². The first-order valence-corrected chi connectivity index (χ1v) is 14.8. The maximum absolute atomic E-state index is 14.6. The van der Waals surface area contributed by atoms with Crippen LogP contribution in [0.5, 0.6) is 0 Å². The van der Waals surface area contributed by atoms with Crippen LogP contribution in [-0.4, -0.2) is 81.4 Å². The third kappa shape index (κ3) is 5.06. The molecule has 3 fully saturated rings. The Balaban J connectivity index is 1.31. The molecule has 214 valence electrons. The molecule has 1 amide bonds. The van der Waals surface area contributed by atoms with Gasteiger partial charge in [0.15, 0.2) is 0 Å². The highest BCUT2D eigenvalue weighted by atomic mass is 19.1. The quantitative estimate of drug-likeness (QED) is 0.482. The van der Waals surface area contributed by atoms with Crippen LogP contribution in [0.4, 0.5) is 4.39 Å². The van der Waals surface area contributed by atoms with E-state index in [0.717, 1.165) is 74.5 Å². The van der Waals surface area contributed by atoms with Gasteiger partial charge in [-0.3, -0.25) is 9.78 Å². The van der Waals surface area contributed by atoms with Gasteiger partial charge in [-0.25, -0.2) is 4.39 Å². The topological polar surface area (TPSA) is 70.8 Å². The zero-order valence-corrected chi connectivity index (χ0v) is 23.9. The fourth-order valence-corrected chi connectivity index (χ4v) is 7.12. The summed E-state index contributed by atoms with van der Waals surface area (Å²) in [5.41, 5.74) is 3.49. The average molecular weight is 549 g/mol. The normalized spacial score (nSPS) is 23.9. The van der Waals surface area contributed by atoms with Crippen molar-refractivity contribution < 1.29 is 19.0 Å². The second-order valence-electron chi connectivity index (χ2n) is 12.6. The number of nitrogens with zero attached hydrogens (tertiary/aromatic N) is 4. The third-order valence-corrected chi connectivity index (χ3v) is 9.55. The molecule has 2 atom stereocenters. The van der Waals surface area contributed by atoms with E-state index < -0.39 is 17.5 Å². The van der Waals surface area contributed by atoms with Crippen molar-refractivity contribution in [2.75, 3.05) is 39.4 Å². The SMILES string of the molecule is Cc1cncc2c1c(C[C@@H]1CCN(CC3CCOCC3)C1)cn2-c1ccc(F)cc1C(=O)N1CC[C@@H](O)C1(C)C. The molecule has 0 unspecified atom stereocenters. The van der Waals surface area contributed by atoms with Crippen molar-refractivity contribution in [3.05, 3.63) is 59.3 Å². The molecule has 8 heteroatoms. The molecule has 7 nitrogen and oxygen atoms in total. The first-order valence-electron chi connectivity index (χ1n) is 14.8. The highest BCUT2D eigenvalue weighted by Crippen LogP contribution is 2.35. The molecular formula is C32H41FN4O3. The first-order chi connectivity index (χ1) is 19.2. The second kappa shape index (κ2) is 10.9. The number of fused-ring (bicyclic) bond motifs is 1. The first kappa shape index (κ1) is 27.4. The molecule has 0 bridgehead atoms. The molecule has 40 heavy (non-hydrogen) atoms. The summed E-state index contributed by atoms with van der Waals surface area (Å²) in [6.45, 7) is 11.4. The molecule has 3 aromatic rings. The van der Waals surface area contributed by atoms with Crippen LogP contribution in [0, 0.1) is 24.6 Å². The van der Waals surface area contributed by atoms with Crippen LogP contribution < -0.4 is 0 Å². The van der Waals surface area contributed by atoms with Crippen LogP contribution >= 0.6 is 0 Å². The predicted molar refractivity (Wildman–Crippen MR) is 153 cm³/mol. The van der Waals surface area contributed by atoms with Gasteiger partial charge in [0.2, 0.25) is 0 Å². The maximum atomic E-state index is 14.6. The highest BCUT2D eigenvalue weighted by Gasteiger charge is 2.43. The third-order valence-electron chi connectivity index (χ3n) is 9.55. The molecule has 1 aromatic carbocycles. The molecule has 1 N–H and O–H groups in total. The van der Waals surface area contributed by atoms with Gasteiger partial charge in [0.05, 0.1) is 34.6 Å². The summed E-state index contributed by atoms with van der Waals surface area (Å²) in [5, 5.41) is 11.7. The van der Waals surface area contributed by atoms with Crippen LogP contribution in [0.2, 0.25) is 0 Å². The van der Waals surface area contributed by atoms with Crippen molar-refractivity contribution >= 4 is 16.8 Å². The Kier molecular flexibility index (Phi) is 7.44. The Morgan fingerprint density at radius 1 is 1.12 bits per heavy atom. The number of aromatic nitrogens is 2. The lowest BCUT2D eigenvalue weighted by atomic mass is 9.97. The van der Waals surface area contributed by atoms with Crippen LogP contribution in [0.3, 0.4) is 0 Å². The number of aryl methyl sites for hydroxylation is 1. The van der Waals surface area contributed by atoms with E-state index in [9.17, 15) is 14.3 Å². The molecule has 0 spiro atoms. The summed E-state index contributed by atoms with van der Waals surface area (Å²) in [6.07, 6.45) is 10.2. The van der Waals surface area contributed by atoms with Crippen molar-refractivity contribution in [2.24, 2.45) is 11.8 Å². The molecule has 3 saturated heterocycles. The molecule has 2 aromatic heterocycles. The standard InChI is InChI=1S/C32H41FN4O3/c1-21-16-34-17-28-30(21)24(14-23-6-10-35(19-23)18-22-8-12-40-13-9-22)20-36(28)27-5-4-25(33)15-26(27)31(39)37-11-7-29(38)32(37,2)3/h4-5,15-17,20,22-23,29,38H,6-14,18-19H2,1-3H3/t23-,29+/m0/s1. The molecule has 0 saturated carbocycles. The van der Waals surface area contributed by atoms with Crippen LogP contribution in [0.1, 0.15) is 61.0 Å². The van der Waals surface area contributed by atoms with Crippen molar-refractivity contribution in [1.29, 1.82) is 0 Å². The molecule has 3 aliphatic rings. The van der Waals surface area contributed by atoms with E-state index in [1.165, 1.54) is 24.1 Å². The Morgan fingerprint density at radius 3 is 2.67 bits per heavy atom. The number of rotatable bonds is 6. The highest BCUT2D eigenvalue weighted by molar-refractivity contribution is 6.00. The lowest BCUT2D eigenvalue weighted by Crippen LogP contribution is -2.48. The number of ether oxygens (including phenoxy) is 1. The molecule has 0 radical (unpaired) electrons. The number of aliphatic hydroxyl groups excluding tert-OH is 1. The molecule has 3 aliphatic heterocycles.